The van der Waals surface area contributed by atoms with Crippen LogP contribution in [0.4, 0.5) is 17.6 Å². The van der Waals surface area contributed by atoms with Crippen molar-refractivity contribution in [2.24, 2.45) is 0 Å². The van der Waals surface area contributed by atoms with Crippen LogP contribution in [-0.4, -0.2) is 32.9 Å². The molecule has 0 bridgehead atoms. The Morgan fingerprint density at radius 1 is 0.950 bits per heavy atom. The number of benzene rings is 3. The second-order valence-corrected chi connectivity index (χ2v) is 9.85. The number of carboxylic acid groups (broad SMARTS) is 1. The number of fused-ring (bicyclic) bond motifs is 2. The van der Waals surface area contributed by atoms with Crippen molar-refractivity contribution in [1.82, 2.24) is 15.3 Å². The number of carbonyl (C=O) groups is 2. The lowest BCUT2D eigenvalue weighted by molar-refractivity contribution is -0.165. The molecule has 0 fully saturated rings. The minimum absolute atomic E-state index is 0.00956. The minimum atomic E-state index is -3.88. The molecule has 1 aliphatic rings. The SMILES string of the molecule is O=C(NC1CCCc2cc(F)ccc21)c1ccc2nc(-c3ccc(F)cc3)c(CCCC(F)(F)C(=O)O)nc2c1. The Hall–Kier alpha value is -4.34. The molecular weight excluding hydrogens is 526 g/mol. The first kappa shape index (κ1) is 27.2. The van der Waals surface area contributed by atoms with Crippen LogP contribution in [0.2, 0.25) is 0 Å². The van der Waals surface area contributed by atoms with E-state index in [4.69, 9.17) is 5.11 Å². The number of hydrogen-bond acceptors (Lipinski definition) is 4. The van der Waals surface area contributed by atoms with Crippen LogP contribution in [0.1, 0.15) is 58.9 Å². The van der Waals surface area contributed by atoms with E-state index in [0.29, 0.717) is 40.0 Å². The molecule has 0 spiro atoms. The van der Waals surface area contributed by atoms with E-state index in [1.807, 2.05) is 0 Å². The molecule has 10 heteroatoms. The molecule has 1 atom stereocenters. The lowest BCUT2D eigenvalue weighted by atomic mass is 9.87. The number of nitrogens with zero attached hydrogens (tertiary/aromatic N) is 2. The molecule has 5 rings (SSSR count). The second kappa shape index (κ2) is 11.0. The van der Waals surface area contributed by atoms with Gasteiger partial charge in [-0.25, -0.2) is 23.5 Å². The minimum Gasteiger partial charge on any atom is -0.477 e. The molecule has 0 saturated carbocycles. The fourth-order valence-corrected chi connectivity index (χ4v) is 5.00. The van der Waals surface area contributed by atoms with Crippen molar-refractivity contribution in [3.63, 3.8) is 0 Å². The number of rotatable bonds is 8. The normalized spacial score (nSPS) is 15.1. The average molecular weight is 552 g/mol. The Kier molecular flexibility index (Phi) is 7.51. The van der Waals surface area contributed by atoms with Gasteiger partial charge in [0.1, 0.15) is 11.6 Å². The van der Waals surface area contributed by atoms with Crippen LogP contribution < -0.4 is 5.32 Å². The highest BCUT2D eigenvalue weighted by atomic mass is 19.3. The fourth-order valence-electron chi connectivity index (χ4n) is 5.00. The van der Waals surface area contributed by atoms with E-state index in [1.54, 1.807) is 24.3 Å². The molecule has 1 aliphatic carbocycles. The van der Waals surface area contributed by atoms with E-state index in [2.05, 4.69) is 15.3 Å². The first-order valence-electron chi connectivity index (χ1n) is 12.9. The topological polar surface area (TPSA) is 92.2 Å². The molecule has 2 N–H and O–H groups in total. The van der Waals surface area contributed by atoms with Gasteiger partial charge in [0.05, 0.1) is 28.5 Å². The van der Waals surface area contributed by atoms with E-state index < -0.39 is 24.1 Å². The number of amides is 1. The maximum atomic E-state index is 13.7. The second-order valence-electron chi connectivity index (χ2n) is 9.85. The molecule has 6 nitrogen and oxygen atoms in total. The summed E-state index contributed by atoms with van der Waals surface area (Å²) in [6.07, 6.45) is 1.17. The zero-order chi connectivity index (χ0) is 28.4. The molecule has 1 heterocycles. The van der Waals surface area contributed by atoms with Crippen molar-refractivity contribution in [3.05, 3.63) is 94.7 Å². The van der Waals surface area contributed by atoms with Gasteiger partial charge in [0.25, 0.3) is 5.91 Å². The summed E-state index contributed by atoms with van der Waals surface area (Å²) in [5.74, 6) is -7.20. The number of aromatic nitrogens is 2. The van der Waals surface area contributed by atoms with Crippen molar-refractivity contribution in [2.45, 2.75) is 50.5 Å². The van der Waals surface area contributed by atoms with Crippen LogP contribution in [0, 0.1) is 11.6 Å². The summed E-state index contributed by atoms with van der Waals surface area (Å²) in [4.78, 5) is 33.2. The van der Waals surface area contributed by atoms with Gasteiger partial charge in [0.15, 0.2) is 0 Å². The van der Waals surface area contributed by atoms with E-state index >= 15 is 0 Å². The molecule has 206 valence electrons. The van der Waals surface area contributed by atoms with Crippen molar-refractivity contribution >= 4 is 22.9 Å². The third-order valence-corrected chi connectivity index (χ3v) is 7.06. The number of aryl methyl sites for hydroxylation is 2. The Morgan fingerprint density at radius 2 is 1.70 bits per heavy atom. The van der Waals surface area contributed by atoms with Gasteiger partial charge in [-0.3, -0.25) is 4.79 Å². The molecule has 3 aromatic carbocycles. The van der Waals surface area contributed by atoms with Crippen LogP contribution in [-0.2, 0) is 17.6 Å². The maximum Gasteiger partial charge on any atom is 0.374 e. The van der Waals surface area contributed by atoms with Gasteiger partial charge in [-0.15, -0.1) is 0 Å². The van der Waals surface area contributed by atoms with Crippen LogP contribution in [0.3, 0.4) is 0 Å². The van der Waals surface area contributed by atoms with Crippen molar-refractivity contribution in [3.8, 4) is 11.3 Å². The van der Waals surface area contributed by atoms with Crippen LogP contribution in [0.5, 0.6) is 0 Å². The van der Waals surface area contributed by atoms with Gasteiger partial charge in [-0.05, 0) is 97.8 Å². The number of carbonyl (C=O) groups excluding carboxylic acids is 1. The van der Waals surface area contributed by atoms with Gasteiger partial charge < -0.3 is 10.4 Å². The molecular formula is C30H25F4N3O3. The number of halogens is 4. The maximum absolute atomic E-state index is 13.7. The first-order valence-corrected chi connectivity index (χ1v) is 12.9. The predicted octanol–water partition coefficient (Wildman–Crippen LogP) is 6.43. The summed E-state index contributed by atoms with van der Waals surface area (Å²) >= 11 is 0. The monoisotopic (exact) mass is 551 g/mol. The lowest BCUT2D eigenvalue weighted by Gasteiger charge is -2.26. The zero-order valence-corrected chi connectivity index (χ0v) is 21.3. The largest absolute Gasteiger partial charge is 0.477 e. The van der Waals surface area contributed by atoms with Gasteiger partial charge in [-0.2, -0.15) is 8.78 Å². The highest BCUT2D eigenvalue weighted by Crippen LogP contribution is 2.31. The van der Waals surface area contributed by atoms with Gasteiger partial charge >= 0.3 is 11.9 Å². The van der Waals surface area contributed by atoms with Crippen LogP contribution in [0.25, 0.3) is 22.3 Å². The number of nitrogens with one attached hydrogen (secondary N) is 1. The number of carboxylic acids is 1. The van der Waals surface area contributed by atoms with Crippen LogP contribution >= 0.6 is 0 Å². The lowest BCUT2D eigenvalue weighted by Crippen LogP contribution is -2.31. The summed E-state index contributed by atoms with van der Waals surface area (Å²) in [6, 6.07) is 14.5. The summed E-state index contributed by atoms with van der Waals surface area (Å²) in [5.41, 5.74) is 4.05. The van der Waals surface area contributed by atoms with Crippen LogP contribution in [0.15, 0.2) is 60.7 Å². The number of aliphatic carboxylic acids is 1. The fraction of sp³-hybridized carbons (Fsp3) is 0.267. The summed E-state index contributed by atoms with van der Waals surface area (Å²) in [6.45, 7) is 0. The van der Waals surface area contributed by atoms with Crippen molar-refractivity contribution in [2.75, 3.05) is 0 Å². The molecule has 1 unspecified atom stereocenters. The molecule has 0 radical (unpaired) electrons. The zero-order valence-electron chi connectivity index (χ0n) is 21.3. The highest BCUT2D eigenvalue weighted by Gasteiger charge is 2.38. The Bertz CT molecular complexity index is 1590. The Morgan fingerprint density at radius 3 is 2.45 bits per heavy atom. The van der Waals surface area contributed by atoms with Gasteiger partial charge in [-0.1, -0.05) is 6.07 Å². The molecule has 4 aromatic rings. The van der Waals surface area contributed by atoms with E-state index in [-0.39, 0.29) is 30.6 Å². The summed E-state index contributed by atoms with van der Waals surface area (Å²) in [7, 11) is 0. The van der Waals surface area contributed by atoms with Crippen molar-refractivity contribution < 1.29 is 32.3 Å². The first-order chi connectivity index (χ1) is 19.1. The molecule has 0 aliphatic heterocycles. The third-order valence-electron chi connectivity index (χ3n) is 7.06. The smallest absolute Gasteiger partial charge is 0.374 e. The van der Waals surface area contributed by atoms with E-state index in [9.17, 15) is 27.2 Å². The Labute approximate surface area is 227 Å². The molecule has 1 aromatic heterocycles. The van der Waals surface area contributed by atoms with Gasteiger partial charge in [0.2, 0.25) is 0 Å². The number of alkyl halides is 2. The molecule has 1 amide bonds. The summed E-state index contributed by atoms with van der Waals surface area (Å²) in [5, 5.41) is 11.7. The number of hydrogen-bond donors (Lipinski definition) is 2. The quantitative estimate of drug-likeness (QED) is 0.247. The highest BCUT2D eigenvalue weighted by molar-refractivity contribution is 5.97. The average Bonchev–Trinajstić information content (AvgIpc) is 2.92. The van der Waals surface area contributed by atoms with E-state index in [1.165, 1.54) is 36.4 Å². The predicted molar refractivity (Wildman–Crippen MR) is 140 cm³/mol. The Balaban J connectivity index is 1.44. The summed E-state index contributed by atoms with van der Waals surface area (Å²) < 4.78 is 54.6. The van der Waals surface area contributed by atoms with Crippen molar-refractivity contribution in [1.29, 1.82) is 0 Å². The standard InChI is InChI=1S/C30H25F4N3O3/c31-20-9-6-17(7-10-20)27-25(5-2-14-30(33,34)29(39)40)35-26-16-19(8-13-24(26)36-27)28(38)37-23-4-1-3-18-15-21(32)11-12-22(18)23/h6-13,15-16,23H,1-5,14H2,(H,37,38)(H,39,40). The van der Waals surface area contributed by atoms with Gasteiger partial charge in [0, 0.05) is 17.5 Å². The third kappa shape index (κ3) is 5.80. The molecule has 40 heavy (non-hydrogen) atoms. The molecule has 0 saturated heterocycles. The van der Waals surface area contributed by atoms with E-state index in [0.717, 1.165) is 24.0 Å².